The molecule has 26 heavy (non-hydrogen) atoms. The fourth-order valence-electron chi connectivity index (χ4n) is 3.02. The summed E-state index contributed by atoms with van der Waals surface area (Å²) in [6.45, 7) is 1.04. The van der Waals surface area contributed by atoms with E-state index in [0.717, 1.165) is 11.0 Å². The molecule has 3 aromatic rings. The third-order valence-corrected chi connectivity index (χ3v) is 4.37. The highest BCUT2D eigenvalue weighted by atomic mass is 19.1. The van der Waals surface area contributed by atoms with Gasteiger partial charge < -0.3 is 10.3 Å². The van der Waals surface area contributed by atoms with Gasteiger partial charge in [0.1, 0.15) is 5.82 Å². The summed E-state index contributed by atoms with van der Waals surface area (Å²) in [5.74, 6) is -0.273. The molecule has 0 radical (unpaired) electrons. The highest BCUT2D eigenvalue weighted by Crippen LogP contribution is 2.10. The lowest BCUT2D eigenvalue weighted by Gasteiger charge is -2.07. The molecule has 0 unspecified atom stereocenters. The number of aromatic nitrogens is 2. The molecule has 0 saturated heterocycles. The lowest BCUT2D eigenvalue weighted by atomic mass is 10.1. The van der Waals surface area contributed by atoms with Crippen molar-refractivity contribution in [1.82, 2.24) is 14.9 Å². The average molecular weight is 355 g/mol. The van der Waals surface area contributed by atoms with Crippen molar-refractivity contribution in [2.75, 3.05) is 6.54 Å². The van der Waals surface area contributed by atoms with E-state index in [1.807, 2.05) is 24.3 Å². The second kappa shape index (κ2) is 8.47. The maximum atomic E-state index is 13.5. The van der Waals surface area contributed by atoms with Crippen LogP contribution < -0.4 is 11.0 Å². The summed E-state index contributed by atoms with van der Waals surface area (Å²) in [5.41, 5.74) is 2.19. The summed E-state index contributed by atoms with van der Waals surface area (Å²) < 4.78 is 15.2. The number of para-hydroxylation sites is 2. The number of rotatable bonds is 8. The van der Waals surface area contributed by atoms with E-state index in [0.29, 0.717) is 44.3 Å². The van der Waals surface area contributed by atoms with Crippen molar-refractivity contribution in [1.29, 1.82) is 0 Å². The van der Waals surface area contributed by atoms with E-state index in [2.05, 4.69) is 10.3 Å². The van der Waals surface area contributed by atoms with Crippen LogP contribution in [0.4, 0.5) is 4.39 Å². The van der Waals surface area contributed by atoms with Crippen LogP contribution in [0.15, 0.2) is 53.3 Å². The molecule has 1 aromatic heterocycles. The summed E-state index contributed by atoms with van der Waals surface area (Å²) in [4.78, 5) is 26.7. The van der Waals surface area contributed by atoms with Crippen LogP contribution in [0.25, 0.3) is 11.0 Å². The monoisotopic (exact) mass is 355 g/mol. The molecule has 1 amide bonds. The maximum absolute atomic E-state index is 13.5. The first-order chi connectivity index (χ1) is 12.6. The van der Waals surface area contributed by atoms with Gasteiger partial charge in [-0.15, -0.1) is 0 Å². The zero-order valence-corrected chi connectivity index (χ0v) is 14.5. The predicted molar refractivity (Wildman–Crippen MR) is 99.5 cm³/mol. The van der Waals surface area contributed by atoms with Gasteiger partial charge in [-0.25, -0.2) is 9.18 Å². The van der Waals surface area contributed by atoms with Gasteiger partial charge in [-0.1, -0.05) is 30.3 Å². The highest BCUT2D eigenvalue weighted by Gasteiger charge is 2.07. The number of fused-ring (bicyclic) bond motifs is 1. The van der Waals surface area contributed by atoms with Crippen LogP contribution in [-0.4, -0.2) is 22.0 Å². The fraction of sp³-hybridized carbons (Fsp3) is 0.300. The topological polar surface area (TPSA) is 66.9 Å². The van der Waals surface area contributed by atoms with Crippen LogP contribution in [-0.2, 0) is 17.8 Å². The SMILES string of the molecule is O=C(CCCc1ccccc1F)NCCCn1c(=O)[nH]c2ccccc21. The molecule has 0 bridgehead atoms. The molecule has 5 nitrogen and oxygen atoms in total. The molecular formula is C20H22FN3O2. The molecule has 0 aliphatic carbocycles. The lowest BCUT2D eigenvalue weighted by Crippen LogP contribution is -2.26. The van der Waals surface area contributed by atoms with Crippen molar-refractivity contribution < 1.29 is 9.18 Å². The molecule has 0 aliphatic heterocycles. The molecule has 2 N–H and O–H groups in total. The molecule has 6 heteroatoms. The van der Waals surface area contributed by atoms with Gasteiger partial charge in [0.05, 0.1) is 11.0 Å². The predicted octanol–water partition coefficient (Wildman–Crippen LogP) is 3.00. The Labute approximate surface area is 150 Å². The van der Waals surface area contributed by atoms with Gasteiger partial charge in [0.2, 0.25) is 5.91 Å². The second-order valence-electron chi connectivity index (χ2n) is 6.25. The van der Waals surface area contributed by atoms with E-state index in [9.17, 15) is 14.0 Å². The standard InChI is InChI=1S/C20H22FN3O2/c21-16-9-2-1-7-15(16)8-5-12-19(25)22-13-6-14-24-18-11-4-3-10-17(18)23-20(24)26/h1-4,7,9-11H,5-6,8,12-14H2,(H,22,25)(H,23,26). The number of imidazole rings is 1. The third kappa shape index (κ3) is 4.39. The minimum absolute atomic E-state index is 0.0485. The first-order valence-corrected chi connectivity index (χ1v) is 8.83. The molecule has 0 saturated carbocycles. The molecular weight excluding hydrogens is 333 g/mol. The molecule has 3 rings (SSSR count). The largest absolute Gasteiger partial charge is 0.356 e. The fourth-order valence-corrected chi connectivity index (χ4v) is 3.02. The van der Waals surface area contributed by atoms with E-state index in [-0.39, 0.29) is 17.4 Å². The normalized spacial score (nSPS) is 11.0. The van der Waals surface area contributed by atoms with Gasteiger partial charge in [0, 0.05) is 19.5 Å². The number of aryl methyl sites for hydroxylation is 2. The van der Waals surface area contributed by atoms with Gasteiger partial charge in [0.25, 0.3) is 0 Å². The van der Waals surface area contributed by atoms with Crippen LogP contribution in [0.3, 0.4) is 0 Å². The van der Waals surface area contributed by atoms with Crippen LogP contribution >= 0.6 is 0 Å². The van der Waals surface area contributed by atoms with E-state index in [1.165, 1.54) is 6.07 Å². The van der Waals surface area contributed by atoms with Crippen molar-refractivity contribution >= 4 is 16.9 Å². The molecule has 1 heterocycles. The quantitative estimate of drug-likeness (QED) is 0.610. The molecule has 0 fully saturated rings. The second-order valence-corrected chi connectivity index (χ2v) is 6.25. The summed E-state index contributed by atoms with van der Waals surface area (Å²) in [7, 11) is 0. The number of carbonyl (C=O) groups excluding carboxylic acids is 1. The van der Waals surface area contributed by atoms with Gasteiger partial charge in [-0.2, -0.15) is 0 Å². The van der Waals surface area contributed by atoms with E-state index in [4.69, 9.17) is 0 Å². The minimum Gasteiger partial charge on any atom is -0.356 e. The zero-order chi connectivity index (χ0) is 18.4. The summed E-state index contributed by atoms with van der Waals surface area (Å²) in [6, 6.07) is 14.2. The van der Waals surface area contributed by atoms with Crippen LogP contribution in [0.2, 0.25) is 0 Å². The number of H-pyrrole nitrogens is 1. The zero-order valence-electron chi connectivity index (χ0n) is 14.5. The number of hydrogen-bond acceptors (Lipinski definition) is 2. The maximum Gasteiger partial charge on any atom is 0.326 e. The van der Waals surface area contributed by atoms with Crippen molar-refractivity contribution in [3.05, 3.63) is 70.4 Å². The number of nitrogens with one attached hydrogen (secondary N) is 2. The summed E-state index contributed by atoms with van der Waals surface area (Å²) in [6.07, 6.45) is 2.18. The molecule has 2 aromatic carbocycles. The smallest absolute Gasteiger partial charge is 0.326 e. The van der Waals surface area contributed by atoms with Crippen LogP contribution in [0.1, 0.15) is 24.8 Å². The molecule has 136 valence electrons. The van der Waals surface area contributed by atoms with Crippen molar-refractivity contribution in [2.24, 2.45) is 0 Å². The first kappa shape index (κ1) is 17.9. The average Bonchev–Trinajstić information content (AvgIpc) is 2.96. The van der Waals surface area contributed by atoms with Crippen molar-refractivity contribution in [3.8, 4) is 0 Å². The Morgan fingerprint density at radius 2 is 1.85 bits per heavy atom. The Balaban J connectivity index is 1.39. The van der Waals surface area contributed by atoms with Gasteiger partial charge in [-0.05, 0) is 43.0 Å². The van der Waals surface area contributed by atoms with Crippen molar-refractivity contribution in [3.63, 3.8) is 0 Å². The number of amides is 1. The third-order valence-electron chi connectivity index (χ3n) is 4.37. The first-order valence-electron chi connectivity index (χ1n) is 8.83. The summed E-state index contributed by atoms with van der Waals surface area (Å²) >= 11 is 0. The number of aromatic amines is 1. The lowest BCUT2D eigenvalue weighted by molar-refractivity contribution is -0.121. The van der Waals surface area contributed by atoms with Crippen LogP contribution in [0.5, 0.6) is 0 Å². The van der Waals surface area contributed by atoms with Gasteiger partial charge >= 0.3 is 5.69 Å². The Hall–Kier alpha value is -2.89. The number of halogens is 1. The minimum atomic E-state index is -0.225. The van der Waals surface area contributed by atoms with Gasteiger partial charge in [0.15, 0.2) is 0 Å². The van der Waals surface area contributed by atoms with E-state index < -0.39 is 0 Å². The molecule has 0 spiro atoms. The van der Waals surface area contributed by atoms with Gasteiger partial charge in [-0.3, -0.25) is 9.36 Å². The Bertz CT molecular complexity index is 945. The van der Waals surface area contributed by atoms with E-state index in [1.54, 1.807) is 22.8 Å². The summed E-state index contributed by atoms with van der Waals surface area (Å²) in [5, 5.41) is 2.86. The Morgan fingerprint density at radius 1 is 1.08 bits per heavy atom. The highest BCUT2D eigenvalue weighted by molar-refractivity contribution is 5.76. The Kier molecular flexibility index (Phi) is 5.84. The molecule has 0 aliphatic rings. The number of carbonyl (C=O) groups is 1. The number of hydrogen-bond donors (Lipinski definition) is 2. The number of benzene rings is 2. The number of nitrogens with zero attached hydrogens (tertiary/aromatic N) is 1. The van der Waals surface area contributed by atoms with Crippen molar-refractivity contribution in [2.45, 2.75) is 32.2 Å². The van der Waals surface area contributed by atoms with E-state index >= 15 is 0 Å². The molecule has 0 atom stereocenters. The Morgan fingerprint density at radius 3 is 2.69 bits per heavy atom. The van der Waals surface area contributed by atoms with Crippen LogP contribution in [0, 0.1) is 5.82 Å².